The number of carbonyl (C=O) groups excluding carboxylic acids is 1. The van der Waals surface area contributed by atoms with Gasteiger partial charge >= 0.3 is 0 Å². The first kappa shape index (κ1) is 17.8. The topological polar surface area (TPSA) is 90.4 Å². The maximum atomic E-state index is 13.5. The lowest BCUT2D eigenvalue weighted by Crippen LogP contribution is -2.07. The fraction of sp³-hybridized carbons (Fsp3) is 0.190. The summed E-state index contributed by atoms with van der Waals surface area (Å²) in [5.74, 6) is 0.581. The van der Waals surface area contributed by atoms with E-state index in [-0.39, 0.29) is 23.0 Å². The Morgan fingerprint density at radius 3 is 2.64 bits per heavy atom. The predicted molar refractivity (Wildman–Crippen MR) is 103 cm³/mol. The van der Waals surface area contributed by atoms with E-state index in [0.717, 1.165) is 11.1 Å². The predicted octanol–water partition coefficient (Wildman–Crippen LogP) is 3.88. The van der Waals surface area contributed by atoms with Crippen molar-refractivity contribution >= 4 is 16.8 Å². The molecule has 7 nitrogen and oxygen atoms in total. The summed E-state index contributed by atoms with van der Waals surface area (Å²) in [6.07, 6.45) is 2.80. The number of ketones is 1. The second kappa shape index (κ2) is 6.53. The molecular formula is C21H19N3O4. The first-order chi connectivity index (χ1) is 13.4. The highest BCUT2D eigenvalue weighted by Crippen LogP contribution is 2.37. The van der Waals surface area contributed by atoms with Crippen LogP contribution in [0.25, 0.3) is 16.9 Å². The van der Waals surface area contributed by atoms with E-state index in [1.807, 2.05) is 19.9 Å². The van der Waals surface area contributed by atoms with E-state index in [1.54, 1.807) is 32.2 Å². The van der Waals surface area contributed by atoms with Crippen LogP contribution in [0.5, 0.6) is 11.5 Å². The zero-order valence-corrected chi connectivity index (χ0v) is 16.0. The van der Waals surface area contributed by atoms with Gasteiger partial charge in [-0.25, -0.2) is 4.98 Å². The minimum Gasteiger partial charge on any atom is -0.504 e. The Balaban J connectivity index is 2.00. The summed E-state index contributed by atoms with van der Waals surface area (Å²) >= 11 is 0. The molecule has 0 unspecified atom stereocenters. The number of hydrogen-bond donors (Lipinski definition) is 1. The van der Waals surface area contributed by atoms with Crippen molar-refractivity contribution < 1.29 is 19.1 Å². The second-order valence-corrected chi connectivity index (χ2v) is 6.68. The van der Waals surface area contributed by atoms with Gasteiger partial charge in [-0.15, -0.1) is 0 Å². The normalized spacial score (nSPS) is 11.1. The highest BCUT2D eigenvalue weighted by Gasteiger charge is 2.26. The first-order valence-electron chi connectivity index (χ1n) is 8.72. The molecule has 0 aliphatic rings. The molecular weight excluding hydrogens is 358 g/mol. The number of furan rings is 1. The number of benzene rings is 2. The third-order valence-corrected chi connectivity index (χ3v) is 4.97. The van der Waals surface area contributed by atoms with Crippen LogP contribution in [0, 0.1) is 20.8 Å². The van der Waals surface area contributed by atoms with Crippen molar-refractivity contribution in [3.05, 3.63) is 64.7 Å². The van der Waals surface area contributed by atoms with E-state index in [1.165, 1.54) is 17.3 Å². The van der Waals surface area contributed by atoms with Gasteiger partial charge < -0.3 is 14.3 Å². The summed E-state index contributed by atoms with van der Waals surface area (Å²) in [6, 6.07) is 7.04. The third kappa shape index (κ3) is 2.63. The standard InChI is InChI=1S/C21H19N3O4/c1-11-5-6-15-17(19(26)14-7-12(2)13(3)16(8-14)27-4)21(24-10-22-9-23-24)28-20(15)18(11)25/h5-10,25H,1-4H3. The molecule has 0 aliphatic carbocycles. The molecule has 0 radical (unpaired) electrons. The highest BCUT2D eigenvalue weighted by atomic mass is 16.5. The van der Waals surface area contributed by atoms with Crippen LogP contribution in [0.15, 0.2) is 41.3 Å². The SMILES string of the molecule is COc1cc(C(=O)c2c(-n3cncn3)oc3c(O)c(C)ccc23)cc(C)c1C. The van der Waals surface area contributed by atoms with Crippen LogP contribution < -0.4 is 4.74 Å². The van der Waals surface area contributed by atoms with Crippen LogP contribution >= 0.6 is 0 Å². The molecule has 0 aliphatic heterocycles. The lowest BCUT2D eigenvalue weighted by Gasteiger charge is -2.11. The van der Waals surface area contributed by atoms with Crippen molar-refractivity contribution in [3.63, 3.8) is 0 Å². The van der Waals surface area contributed by atoms with Crippen LogP contribution in [0.3, 0.4) is 0 Å². The number of phenolic OH excluding ortho intramolecular Hbond substituents is 1. The Hall–Kier alpha value is -3.61. The smallest absolute Gasteiger partial charge is 0.234 e. The number of aromatic nitrogens is 3. The number of rotatable bonds is 4. The summed E-state index contributed by atoms with van der Waals surface area (Å²) in [6.45, 7) is 5.63. The number of phenols is 1. The number of ether oxygens (including phenoxy) is 1. The minimum atomic E-state index is -0.256. The summed E-state index contributed by atoms with van der Waals surface area (Å²) in [7, 11) is 1.57. The van der Waals surface area contributed by atoms with Crippen molar-refractivity contribution in [1.82, 2.24) is 14.8 Å². The molecule has 0 saturated heterocycles. The fourth-order valence-electron chi connectivity index (χ4n) is 3.24. The van der Waals surface area contributed by atoms with Gasteiger partial charge in [0.15, 0.2) is 17.1 Å². The molecule has 2 aromatic carbocycles. The molecule has 0 saturated carbocycles. The Kier molecular flexibility index (Phi) is 4.15. The molecule has 2 aromatic heterocycles. The number of aryl methyl sites for hydroxylation is 2. The van der Waals surface area contributed by atoms with Gasteiger partial charge in [-0.3, -0.25) is 4.79 Å². The van der Waals surface area contributed by atoms with Crippen molar-refractivity contribution in [2.24, 2.45) is 0 Å². The number of methoxy groups -OCH3 is 1. The Labute approximate surface area is 161 Å². The lowest BCUT2D eigenvalue weighted by molar-refractivity contribution is 0.103. The van der Waals surface area contributed by atoms with Gasteiger partial charge in [0.05, 0.1) is 12.7 Å². The number of fused-ring (bicyclic) bond motifs is 1. The average Bonchev–Trinajstić information content (AvgIpc) is 3.34. The van der Waals surface area contributed by atoms with E-state index < -0.39 is 0 Å². The Morgan fingerprint density at radius 1 is 1.18 bits per heavy atom. The molecule has 0 bridgehead atoms. The van der Waals surface area contributed by atoms with Crippen LogP contribution in [0.1, 0.15) is 32.6 Å². The van der Waals surface area contributed by atoms with E-state index >= 15 is 0 Å². The molecule has 0 amide bonds. The van der Waals surface area contributed by atoms with E-state index in [0.29, 0.717) is 27.8 Å². The molecule has 7 heteroatoms. The average molecular weight is 377 g/mol. The van der Waals surface area contributed by atoms with Crippen LogP contribution in [0.2, 0.25) is 0 Å². The minimum absolute atomic E-state index is 0.00409. The van der Waals surface area contributed by atoms with Gasteiger partial charge in [0.25, 0.3) is 0 Å². The zero-order valence-electron chi connectivity index (χ0n) is 16.0. The van der Waals surface area contributed by atoms with Crippen molar-refractivity contribution in [2.75, 3.05) is 7.11 Å². The molecule has 1 N–H and O–H groups in total. The summed E-state index contributed by atoms with van der Waals surface area (Å²) < 4.78 is 12.7. The first-order valence-corrected chi connectivity index (χ1v) is 8.72. The van der Waals surface area contributed by atoms with Gasteiger partial charge in [0.2, 0.25) is 5.88 Å². The summed E-state index contributed by atoms with van der Waals surface area (Å²) in [4.78, 5) is 17.4. The van der Waals surface area contributed by atoms with E-state index in [2.05, 4.69) is 10.1 Å². The van der Waals surface area contributed by atoms with E-state index in [9.17, 15) is 9.90 Å². The fourth-order valence-corrected chi connectivity index (χ4v) is 3.24. The maximum Gasteiger partial charge on any atom is 0.234 e. The van der Waals surface area contributed by atoms with Gasteiger partial charge in [-0.2, -0.15) is 9.78 Å². The molecule has 0 atom stereocenters. The molecule has 4 rings (SSSR count). The quantitative estimate of drug-likeness (QED) is 0.543. The second-order valence-electron chi connectivity index (χ2n) is 6.68. The molecule has 4 aromatic rings. The number of aromatic hydroxyl groups is 1. The molecule has 142 valence electrons. The van der Waals surface area contributed by atoms with Gasteiger partial charge in [-0.05, 0) is 55.7 Å². The molecule has 2 heterocycles. The Morgan fingerprint density at radius 2 is 1.96 bits per heavy atom. The maximum absolute atomic E-state index is 13.5. The number of nitrogens with zero attached hydrogens (tertiary/aromatic N) is 3. The van der Waals surface area contributed by atoms with Crippen LogP contribution in [0.4, 0.5) is 0 Å². The van der Waals surface area contributed by atoms with Crippen molar-refractivity contribution in [1.29, 1.82) is 0 Å². The van der Waals surface area contributed by atoms with Gasteiger partial charge in [0, 0.05) is 10.9 Å². The molecule has 28 heavy (non-hydrogen) atoms. The number of carbonyl (C=O) groups is 1. The van der Waals surface area contributed by atoms with E-state index in [4.69, 9.17) is 9.15 Å². The Bertz CT molecular complexity index is 1210. The summed E-state index contributed by atoms with van der Waals surface area (Å²) in [5.41, 5.74) is 3.57. The largest absolute Gasteiger partial charge is 0.504 e. The van der Waals surface area contributed by atoms with Crippen molar-refractivity contribution in [2.45, 2.75) is 20.8 Å². The lowest BCUT2D eigenvalue weighted by atomic mass is 9.97. The van der Waals surface area contributed by atoms with Crippen LogP contribution in [-0.2, 0) is 0 Å². The van der Waals surface area contributed by atoms with Gasteiger partial charge in [0.1, 0.15) is 18.4 Å². The van der Waals surface area contributed by atoms with Crippen LogP contribution in [-0.4, -0.2) is 32.8 Å². The molecule has 0 spiro atoms. The van der Waals surface area contributed by atoms with Gasteiger partial charge in [-0.1, -0.05) is 6.07 Å². The zero-order chi connectivity index (χ0) is 20.0. The molecule has 0 fully saturated rings. The highest BCUT2D eigenvalue weighted by molar-refractivity contribution is 6.19. The monoisotopic (exact) mass is 377 g/mol. The van der Waals surface area contributed by atoms with Crippen molar-refractivity contribution in [3.8, 4) is 17.4 Å². The number of hydrogen-bond acceptors (Lipinski definition) is 6. The summed E-state index contributed by atoms with van der Waals surface area (Å²) in [5, 5.41) is 15.0. The third-order valence-electron chi connectivity index (χ3n) is 4.97.